The van der Waals surface area contributed by atoms with Crippen LogP contribution in [0, 0.1) is 0 Å². The minimum atomic E-state index is -3.51. The van der Waals surface area contributed by atoms with Gasteiger partial charge in [-0.3, -0.25) is 4.79 Å². The van der Waals surface area contributed by atoms with E-state index in [1.807, 2.05) is 32.0 Å². The molecule has 1 fully saturated rings. The van der Waals surface area contributed by atoms with Crippen molar-refractivity contribution >= 4 is 21.6 Å². The van der Waals surface area contributed by atoms with Gasteiger partial charge in [-0.15, -0.1) is 0 Å². The third-order valence-electron chi connectivity index (χ3n) is 5.42. The second-order valence-electron chi connectivity index (χ2n) is 7.15. The predicted octanol–water partition coefficient (Wildman–Crippen LogP) is 3.12. The molecule has 29 heavy (non-hydrogen) atoms. The molecule has 2 aromatic rings. The molecule has 1 heterocycles. The largest absolute Gasteiger partial charge is 0.367 e. The molecule has 3 rings (SSSR count). The maximum absolute atomic E-state index is 12.6. The van der Waals surface area contributed by atoms with Gasteiger partial charge >= 0.3 is 0 Å². The topological polar surface area (TPSA) is 69.7 Å². The first-order valence-corrected chi connectivity index (χ1v) is 11.6. The molecule has 0 bridgehead atoms. The summed E-state index contributed by atoms with van der Waals surface area (Å²) in [5.41, 5.74) is 1.64. The van der Waals surface area contributed by atoms with Gasteiger partial charge in [-0.1, -0.05) is 32.0 Å². The number of para-hydroxylation sites is 1. The van der Waals surface area contributed by atoms with Gasteiger partial charge < -0.3 is 10.2 Å². The van der Waals surface area contributed by atoms with Crippen LogP contribution in [0.5, 0.6) is 0 Å². The molecule has 0 aliphatic carbocycles. The summed E-state index contributed by atoms with van der Waals surface area (Å²) in [6, 6.07) is 16.7. The Balaban J connectivity index is 1.63. The highest BCUT2D eigenvalue weighted by molar-refractivity contribution is 7.89. The van der Waals surface area contributed by atoms with Crippen LogP contribution in [0.3, 0.4) is 0 Å². The van der Waals surface area contributed by atoms with Gasteiger partial charge in [-0.2, -0.15) is 4.31 Å². The van der Waals surface area contributed by atoms with Crippen LogP contribution >= 0.6 is 0 Å². The molecule has 1 unspecified atom stereocenters. The summed E-state index contributed by atoms with van der Waals surface area (Å²) >= 11 is 0. The Kier molecular flexibility index (Phi) is 6.92. The van der Waals surface area contributed by atoms with Crippen LogP contribution in [0.4, 0.5) is 5.69 Å². The Bertz CT molecular complexity index is 910. The Morgan fingerprint density at radius 3 is 2.34 bits per heavy atom. The van der Waals surface area contributed by atoms with Crippen molar-refractivity contribution < 1.29 is 13.2 Å². The van der Waals surface area contributed by atoms with E-state index >= 15 is 0 Å². The number of anilines is 1. The molecule has 1 saturated heterocycles. The van der Waals surface area contributed by atoms with Crippen LogP contribution in [0.1, 0.15) is 37.0 Å². The summed E-state index contributed by atoms with van der Waals surface area (Å²) in [6.07, 6.45) is 2.14. The molecule has 2 aromatic carbocycles. The normalized spacial score (nSPS) is 16.9. The summed E-state index contributed by atoms with van der Waals surface area (Å²) in [4.78, 5) is 15.1. The molecular weight excluding hydrogens is 386 g/mol. The van der Waals surface area contributed by atoms with E-state index < -0.39 is 10.0 Å². The summed E-state index contributed by atoms with van der Waals surface area (Å²) in [6.45, 7) is 6.01. The fourth-order valence-electron chi connectivity index (χ4n) is 3.81. The highest BCUT2D eigenvalue weighted by Gasteiger charge is 2.25. The van der Waals surface area contributed by atoms with Crippen LogP contribution < -0.4 is 10.2 Å². The molecule has 156 valence electrons. The van der Waals surface area contributed by atoms with E-state index in [4.69, 9.17) is 0 Å². The number of sulfonamides is 1. The van der Waals surface area contributed by atoms with Gasteiger partial charge in [0, 0.05) is 43.5 Å². The summed E-state index contributed by atoms with van der Waals surface area (Å²) in [5, 5.41) is 3.00. The minimum absolute atomic E-state index is 0.184. The lowest BCUT2D eigenvalue weighted by atomic mass is 10.1. The fourth-order valence-corrected chi connectivity index (χ4v) is 5.27. The van der Waals surface area contributed by atoms with Gasteiger partial charge in [0.05, 0.1) is 4.90 Å². The van der Waals surface area contributed by atoms with E-state index in [2.05, 4.69) is 22.3 Å². The van der Waals surface area contributed by atoms with Gasteiger partial charge in [0.1, 0.15) is 0 Å². The maximum Gasteiger partial charge on any atom is 0.251 e. The Labute approximate surface area is 173 Å². The maximum atomic E-state index is 12.6. The van der Waals surface area contributed by atoms with Crippen LogP contribution in [0.15, 0.2) is 59.5 Å². The lowest BCUT2D eigenvalue weighted by molar-refractivity contribution is 0.0951. The van der Waals surface area contributed by atoms with Crippen LogP contribution in [-0.2, 0) is 10.0 Å². The van der Waals surface area contributed by atoms with Crippen molar-refractivity contribution in [3.8, 4) is 0 Å². The van der Waals surface area contributed by atoms with Gasteiger partial charge in [0.25, 0.3) is 5.91 Å². The molecule has 7 heteroatoms. The van der Waals surface area contributed by atoms with Gasteiger partial charge in [0.2, 0.25) is 10.0 Å². The number of amides is 1. The van der Waals surface area contributed by atoms with E-state index in [1.165, 1.54) is 22.1 Å². The predicted molar refractivity (Wildman–Crippen MR) is 116 cm³/mol. The first-order chi connectivity index (χ1) is 14.0. The van der Waals surface area contributed by atoms with Crippen molar-refractivity contribution in [1.29, 1.82) is 0 Å². The van der Waals surface area contributed by atoms with Crippen molar-refractivity contribution in [1.82, 2.24) is 9.62 Å². The second-order valence-corrected chi connectivity index (χ2v) is 9.09. The highest BCUT2D eigenvalue weighted by atomic mass is 32.2. The molecule has 1 aliphatic heterocycles. The molecule has 1 atom stereocenters. The Hall–Kier alpha value is -2.38. The Morgan fingerprint density at radius 2 is 1.72 bits per heavy atom. The van der Waals surface area contributed by atoms with Crippen molar-refractivity contribution in [2.45, 2.75) is 37.6 Å². The molecule has 1 aliphatic rings. The number of benzene rings is 2. The molecule has 1 amide bonds. The van der Waals surface area contributed by atoms with Gasteiger partial charge in [0.15, 0.2) is 0 Å². The first-order valence-electron chi connectivity index (χ1n) is 10.2. The molecule has 0 aromatic heterocycles. The number of nitrogens with zero attached hydrogens (tertiary/aromatic N) is 2. The summed E-state index contributed by atoms with van der Waals surface area (Å²) in [5.74, 6) is -0.184. The molecular formula is C22H29N3O3S. The van der Waals surface area contributed by atoms with E-state index in [0.717, 1.165) is 19.4 Å². The standard InChI is InChI=1S/C22H29N3O3S/c1-3-24(4-2)29(27,28)21-14-12-18(13-15-21)22(26)23-17-20-11-8-16-25(20)19-9-6-5-7-10-19/h5-7,9-10,12-15,20H,3-4,8,11,16-17H2,1-2H3,(H,23,26). The molecule has 0 radical (unpaired) electrons. The fraction of sp³-hybridized carbons (Fsp3) is 0.409. The zero-order chi connectivity index (χ0) is 20.9. The van der Waals surface area contributed by atoms with Crippen molar-refractivity contribution in [2.75, 3.05) is 31.1 Å². The number of nitrogens with one attached hydrogen (secondary N) is 1. The van der Waals surface area contributed by atoms with Crippen molar-refractivity contribution in [3.63, 3.8) is 0 Å². The van der Waals surface area contributed by atoms with Crippen LogP contribution in [0.2, 0.25) is 0 Å². The number of hydrogen-bond donors (Lipinski definition) is 1. The van der Waals surface area contributed by atoms with E-state index in [-0.39, 0.29) is 16.8 Å². The lowest BCUT2D eigenvalue weighted by Gasteiger charge is -2.27. The second kappa shape index (κ2) is 9.41. The zero-order valence-electron chi connectivity index (χ0n) is 17.0. The highest BCUT2D eigenvalue weighted by Crippen LogP contribution is 2.24. The summed E-state index contributed by atoms with van der Waals surface area (Å²) < 4.78 is 26.5. The van der Waals surface area contributed by atoms with E-state index in [1.54, 1.807) is 12.1 Å². The Morgan fingerprint density at radius 1 is 1.07 bits per heavy atom. The smallest absolute Gasteiger partial charge is 0.251 e. The van der Waals surface area contributed by atoms with Gasteiger partial charge in [-0.25, -0.2) is 8.42 Å². The number of carbonyl (C=O) groups is 1. The third-order valence-corrected chi connectivity index (χ3v) is 7.49. The first kappa shape index (κ1) is 21.3. The van der Waals surface area contributed by atoms with E-state index in [9.17, 15) is 13.2 Å². The van der Waals surface area contributed by atoms with Crippen molar-refractivity contribution in [2.24, 2.45) is 0 Å². The lowest BCUT2D eigenvalue weighted by Crippen LogP contribution is -2.40. The van der Waals surface area contributed by atoms with Gasteiger partial charge in [-0.05, 0) is 49.2 Å². The molecule has 0 saturated carbocycles. The number of rotatable bonds is 8. The quantitative estimate of drug-likeness (QED) is 0.719. The SMILES string of the molecule is CCN(CC)S(=O)(=O)c1ccc(C(=O)NCC2CCCN2c2ccccc2)cc1. The minimum Gasteiger partial charge on any atom is -0.367 e. The van der Waals surface area contributed by atoms with Crippen LogP contribution in [0.25, 0.3) is 0 Å². The molecule has 0 spiro atoms. The number of carbonyl (C=O) groups excluding carboxylic acids is 1. The van der Waals surface area contributed by atoms with Crippen molar-refractivity contribution in [3.05, 3.63) is 60.2 Å². The number of hydrogen-bond acceptors (Lipinski definition) is 4. The average molecular weight is 416 g/mol. The zero-order valence-corrected chi connectivity index (χ0v) is 17.9. The monoisotopic (exact) mass is 415 g/mol. The van der Waals surface area contributed by atoms with Crippen LogP contribution in [-0.4, -0.2) is 50.9 Å². The third kappa shape index (κ3) is 4.79. The summed E-state index contributed by atoms with van der Waals surface area (Å²) in [7, 11) is -3.51. The van der Waals surface area contributed by atoms with E-state index in [0.29, 0.717) is 25.2 Å². The molecule has 1 N–H and O–H groups in total. The molecule has 6 nitrogen and oxygen atoms in total. The average Bonchev–Trinajstić information content (AvgIpc) is 3.22.